The largest absolute Gasteiger partial charge is 0.503 e. The van der Waals surface area contributed by atoms with Gasteiger partial charge in [0.25, 0.3) is 5.91 Å². The molecule has 0 radical (unpaired) electrons. The van der Waals surface area contributed by atoms with Crippen molar-refractivity contribution in [3.8, 4) is 5.75 Å². The lowest BCUT2D eigenvalue weighted by Crippen LogP contribution is -2.33. The number of rotatable bonds is 8. The van der Waals surface area contributed by atoms with Crippen LogP contribution in [0.3, 0.4) is 0 Å². The number of carbonyl (C=O) groups is 2. The Bertz CT molecular complexity index is 1470. The minimum atomic E-state index is -0.786. The minimum absolute atomic E-state index is 0.0338. The van der Waals surface area contributed by atoms with Crippen molar-refractivity contribution >= 4 is 28.7 Å². The molecule has 0 aliphatic carbocycles. The van der Waals surface area contributed by atoms with Gasteiger partial charge < -0.3 is 19.7 Å². The Morgan fingerprint density at radius 1 is 1.14 bits per heavy atom. The molecule has 1 aliphatic heterocycles. The molecular formula is C29H25N3O4. The molecule has 7 heteroatoms. The molecule has 2 aromatic heterocycles. The Balaban J connectivity index is 1.45. The van der Waals surface area contributed by atoms with Gasteiger partial charge in [-0.2, -0.15) is 0 Å². The zero-order valence-corrected chi connectivity index (χ0v) is 19.7. The van der Waals surface area contributed by atoms with Gasteiger partial charge in [-0.3, -0.25) is 14.6 Å². The van der Waals surface area contributed by atoms with Crippen molar-refractivity contribution in [2.45, 2.75) is 12.5 Å². The highest BCUT2D eigenvalue weighted by atomic mass is 16.5. The summed E-state index contributed by atoms with van der Waals surface area (Å²) in [5.74, 6) is -0.808. The number of allylic oxidation sites excluding steroid dienone is 1. The lowest BCUT2D eigenvalue weighted by Gasteiger charge is -2.25. The molecular weight excluding hydrogens is 454 g/mol. The van der Waals surface area contributed by atoms with Crippen LogP contribution >= 0.6 is 0 Å². The fourth-order valence-electron chi connectivity index (χ4n) is 4.54. The standard InChI is InChI=1S/C29H25N3O4/c1-36-21-11-12-23-22(17-21)20(18-31-23)14-16-32-27(24-9-5-6-15-30-24)26(28(34)29(32)35)25(33)13-10-19-7-3-2-4-8-19/h2-13,15,17-18,27,31,34H,14,16H2,1H3/b13-10+. The number of aliphatic hydroxyl groups is 1. The van der Waals surface area contributed by atoms with Crippen molar-refractivity contribution in [2.75, 3.05) is 13.7 Å². The number of aromatic nitrogens is 2. The average Bonchev–Trinajstić information content (AvgIpc) is 3.44. The molecule has 5 rings (SSSR count). The summed E-state index contributed by atoms with van der Waals surface area (Å²) in [5, 5.41) is 11.8. The average molecular weight is 480 g/mol. The second-order valence-corrected chi connectivity index (χ2v) is 8.50. The maximum absolute atomic E-state index is 13.3. The number of carbonyl (C=O) groups excluding carboxylic acids is 2. The number of aromatic amines is 1. The molecule has 1 unspecified atom stereocenters. The van der Waals surface area contributed by atoms with Crippen LogP contribution in [0.2, 0.25) is 0 Å². The van der Waals surface area contributed by atoms with E-state index in [0.717, 1.165) is 27.8 Å². The third-order valence-corrected chi connectivity index (χ3v) is 6.36. The molecule has 0 saturated heterocycles. The van der Waals surface area contributed by atoms with E-state index in [1.165, 1.54) is 11.0 Å². The van der Waals surface area contributed by atoms with Crippen LogP contribution < -0.4 is 4.74 Å². The van der Waals surface area contributed by atoms with E-state index in [2.05, 4.69) is 9.97 Å². The third kappa shape index (κ3) is 4.38. The molecule has 36 heavy (non-hydrogen) atoms. The van der Waals surface area contributed by atoms with E-state index in [4.69, 9.17) is 4.74 Å². The first-order chi connectivity index (χ1) is 17.6. The Labute approximate surface area is 208 Å². The number of pyridine rings is 1. The van der Waals surface area contributed by atoms with E-state index < -0.39 is 23.5 Å². The number of hydrogen-bond donors (Lipinski definition) is 2. The summed E-state index contributed by atoms with van der Waals surface area (Å²) in [5.41, 5.74) is 3.36. The van der Waals surface area contributed by atoms with Crippen LogP contribution in [0.4, 0.5) is 0 Å². The number of fused-ring (bicyclic) bond motifs is 1. The molecule has 3 heterocycles. The number of nitrogens with one attached hydrogen (secondary N) is 1. The van der Waals surface area contributed by atoms with Crippen molar-refractivity contribution in [1.82, 2.24) is 14.9 Å². The molecule has 0 saturated carbocycles. The van der Waals surface area contributed by atoms with E-state index >= 15 is 0 Å². The van der Waals surface area contributed by atoms with E-state index in [9.17, 15) is 14.7 Å². The number of amides is 1. The second-order valence-electron chi connectivity index (χ2n) is 8.50. The summed E-state index contributed by atoms with van der Waals surface area (Å²) in [6.07, 6.45) is 7.09. The van der Waals surface area contributed by atoms with Crippen LogP contribution in [0.1, 0.15) is 22.9 Å². The topological polar surface area (TPSA) is 95.5 Å². The molecule has 0 bridgehead atoms. The SMILES string of the molecule is COc1ccc2[nH]cc(CCN3C(=O)C(O)=C(C(=O)/C=C/c4ccccc4)C3c3ccccn3)c2c1. The Hall–Kier alpha value is -4.65. The van der Waals surface area contributed by atoms with Crippen LogP contribution in [0.15, 0.2) is 96.5 Å². The summed E-state index contributed by atoms with van der Waals surface area (Å²) < 4.78 is 5.36. The Morgan fingerprint density at radius 3 is 2.69 bits per heavy atom. The van der Waals surface area contributed by atoms with Crippen LogP contribution in [-0.4, -0.2) is 45.3 Å². The molecule has 180 valence electrons. The van der Waals surface area contributed by atoms with Crippen molar-refractivity contribution < 1.29 is 19.4 Å². The summed E-state index contributed by atoms with van der Waals surface area (Å²) in [6, 6.07) is 19.7. The van der Waals surface area contributed by atoms with Crippen molar-refractivity contribution in [3.63, 3.8) is 0 Å². The van der Waals surface area contributed by atoms with Gasteiger partial charge in [-0.05, 0) is 54.0 Å². The number of ketones is 1. The summed E-state index contributed by atoms with van der Waals surface area (Å²) in [4.78, 5) is 35.6. The molecule has 0 fully saturated rings. The van der Waals surface area contributed by atoms with Crippen molar-refractivity contribution in [1.29, 1.82) is 0 Å². The monoisotopic (exact) mass is 479 g/mol. The predicted molar refractivity (Wildman–Crippen MR) is 137 cm³/mol. The number of ether oxygens (including phenoxy) is 1. The van der Waals surface area contributed by atoms with Crippen LogP contribution in [0, 0.1) is 0 Å². The fourth-order valence-corrected chi connectivity index (χ4v) is 4.54. The molecule has 4 aromatic rings. The summed E-state index contributed by atoms with van der Waals surface area (Å²) in [6.45, 7) is 0.285. The van der Waals surface area contributed by atoms with Gasteiger partial charge in [0.15, 0.2) is 11.5 Å². The highest BCUT2D eigenvalue weighted by Gasteiger charge is 2.43. The lowest BCUT2D eigenvalue weighted by atomic mass is 9.98. The van der Waals surface area contributed by atoms with Crippen molar-refractivity contribution in [2.24, 2.45) is 0 Å². The molecule has 1 amide bonds. The maximum Gasteiger partial charge on any atom is 0.290 e. The van der Waals surface area contributed by atoms with Crippen LogP contribution in [0.5, 0.6) is 5.75 Å². The minimum Gasteiger partial charge on any atom is -0.503 e. The maximum atomic E-state index is 13.3. The first kappa shape index (κ1) is 23.1. The lowest BCUT2D eigenvalue weighted by molar-refractivity contribution is -0.129. The first-order valence-corrected chi connectivity index (χ1v) is 11.6. The second kappa shape index (κ2) is 9.92. The van der Waals surface area contributed by atoms with Gasteiger partial charge in [-0.25, -0.2) is 0 Å². The van der Waals surface area contributed by atoms with E-state index in [0.29, 0.717) is 12.1 Å². The highest BCUT2D eigenvalue weighted by molar-refractivity contribution is 6.14. The summed E-state index contributed by atoms with van der Waals surface area (Å²) >= 11 is 0. The van der Waals surface area contributed by atoms with Gasteiger partial charge in [0.2, 0.25) is 0 Å². The number of H-pyrrole nitrogens is 1. The smallest absolute Gasteiger partial charge is 0.290 e. The fraction of sp³-hybridized carbons (Fsp3) is 0.138. The van der Waals surface area contributed by atoms with E-state index in [1.54, 1.807) is 37.6 Å². The number of hydrogen-bond acceptors (Lipinski definition) is 5. The number of nitrogens with zero attached hydrogens (tertiary/aromatic N) is 2. The number of methoxy groups -OCH3 is 1. The zero-order chi connectivity index (χ0) is 25.1. The third-order valence-electron chi connectivity index (χ3n) is 6.36. The molecule has 0 spiro atoms. The molecule has 7 nitrogen and oxygen atoms in total. The molecule has 2 aromatic carbocycles. The Kier molecular flexibility index (Phi) is 6.36. The van der Waals surface area contributed by atoms with Gasteiger partial charge in [-0.1, -0.05) is 42.5 Å². The van der Waals surface area contributed by atoms with Gasteiger partial charge in [-0.15, -0.1) is 0 Å². The first-order valence-electron chi connectivity index (χ1n) is 11.6. The Morgan fingerprint density at radius 2 is 1.94 bits per heavy atom. The normalized spacial score (nSPS) is 15.9. The molecule has 1 atom stereocenters. The van der Waals surface area contributed by atoms with Gasteiger partial charge in [0.05, 0.1) is 18.4 Å². The zero-order valence-electron chi connectivity index (χ0n) is 19.7. The van der Waals surface area contributed by atoms with Crippen LogP contribution in [0.25, 0.3) is 17.0 Å². The van der Waals surface area contributed by atoms with E-state index in [1.807, 2.05) is 54.7 Å². The number of aliphatic hydroxyl groups excluding tert-OH is 1. The van der Waals surface area contributed by atoms with Crippen molar-refractivity contribution in [3.05, 3.63) is 113 Å². The quantitative estimate of drug-likeness (QED) is 0.354. The molecule has 1 aliphatic rings. The molecule has 2 N–H and O–H groups in total. The summed E-state index contributed by atoms with van der Waals surface area (Å²) in [7, 11) is 1.62. The predicted octanol–water partition coefficient (Wildman–Crippen LogP) is 4.79. The number of benzene rings is 2. The van der Waals surface area contributed by atoms with Gasteiger partial charge >= 0.3 is 0 Å². The van der Waals surface area contributed by atoms with E-state index in [-0.39, 0.29) is 12.1 Å². The van der Waals surface area contributed by atoms with Crippen LogP contribution in [-0.2, 0) is 16.0 Å². The van der Waals surface area contributed by atoms with Gasteiger partial charge in [0, 0.05) is 29.8 Å². The van der Waals surface area contributed by atoms with Gasteiger partial charge in [0.1, 0.15) is 11.8 Å². The highest BCUT2D eigenvalue weighted by Crippen LogP contribution is 2.37.